The van der Waals surface area contributed by atoms with E-state index in [9.17, 15) is 15.0 Å². The van der Waals surface area contributed by atoms with E-state index in [-0.39, 0.29) is 29.4 Å². The number of aliphatic hydroxyl groups is 1. The van der Waals surface area contributed by atoms with Crippen molar-refractivity contribution in [3.05, 3.63) is 22.8 Å². The largest absolute Gasteiger partial charge is 0.507 e. The number of carbonyl (C=O) groups is 1. The summed E-state index contributed by atoms with van der Waals surface area (Å²) < 4.78 is 12.1. The lowest BCUT2D eigenvalue weighted by Gasteiger charge is -2.40. The zero-order valence-corrected chi connectivity index (χ0v) is 16.3. The van der Waals surface area contributed by atoms with Crippen LogP contribution in [-0.4, -0.2) is 33.3 Å². The SMILES string of the molecule is CC[C@H](C)C(=O)c1c(O)c2c(c3c1OC(C)(C)C=C3)OC(C)(C)[C@H](O)C2. The number of hydrogen-bond acceptors (Lipinski definition) is 5. The van der Waals surface area contributed by atoms with E-state index in [4.69, 9.17) is 9.47 Å². The summed E-state index contributed by atoms with van der Waals surface area (Å²) >= 11 is 0. The number of aromatic hydroxyl groups is 1. The Balaban J connectivity index is 2.30. The van der Waals surface area contributed by atoms with Gasteiger partial charge in [0.15, 0.2) is 5.78 Å². The van der Waals surface area contributed by atoms with Crippen molar-refractivity contribution < 1.29 is 24.5 Å². The van der Waals surface area contributed by atoms with Crippen LogP contribution in [0.2, 0.25) is 0 Å². The molecule has 0 bridgehead atoms. The first-order chi connectivity index (χ1) is 12.0. The molecule has 0 aliphatic carbocycles. The highest BCUT2D eigenvalue weighted by molar-refractivity contribution is 6.05. The Kier molecular flexibility index (Phi) is 4.34. The molecule has 0 saturated heterocycles. The van der Waals surface area contributed by atoms with Crippen LogP contribution in [0.3, 0.4) is 0 Å². The van der Waals surface area contributed by atoms with Crippen molar-refractivity contribution in [1.29, 1.82) is 0 Å². The first-order valence-corrected chi connectivity index (χ1v) is 9.19. The lowest BCUT2D eigenvalue weighted by molar-refractivity contribution is -0.0422. The van der Waals surface area contributed by atoms with Crippen LogP contribution in [0.5, 0.6) is 17.2 Å². The van der Waals surface area contributed by atoms with E-state index in [0.717, 1.165) is 0 Å². The zero-order chi connectivity index (χ0) is 19.4. The molecule has 2 aliphatic heterocycles. The third-order valence-corrected chi connectivity index (χ3v) is 5.40. The van der Waals surface area contributed by atoms with Crippen LogP contribution in [0, 0.1) is 5.92 Å². The van der Waals surface area contributed by atoms with Crippen LogP contribution in [0.4, 0.5) is 0 Å². The van der Waals surface area contributed by atoms with Crippen LogP contribution in [0.25, 0.3) is 6.08 Å². The summed E-state index contributed by atoms with van der Waals surface area (Å²) in [4.78, 5) is 13.0. The molecular formula is C21H28O5. The lowest BCUT2D eigenvalue weighted by Crippen LogP contribution is -2.46. The minimum absolute atomic E-state index is 0.135. The van der Waals surface area contributed by atoms with Gasteiger partial charge in [-0.2, -0.15) is 0 Å². The normalized spacial score (nSPS) is 23.3. The van der Waals surface area contributed by atoms with E-state index in [0.29, 0.717) is 29.0 Å². The van der Waals surface area contributed by atoms with Crippen LogP contribution in [-0.2, 0) is 6.42 Å². The third-order valence-electron chi connectivity index (χ3n) is 5.40. The van der Waals surface area contributed by atoms with E-state index in [1.54, 1.807) is 13.8 Å². The van der Waals surface area contributed by atoms with E-state index in [2.05, 4.69) is 0 Å². The average molecular weight is 360 g/mol. The maximum Gasteiger partial charge on any atom is 0.173 e. The van der Waals surface area contributed by atoms with Crippen molar-refractivity contribution in [2.24, 2.45) is 5.92 Å². The standard InChI is InChI=1S/C21H28O5/c1-7-11(2)16(23)15-17(24)13-10-14(22)21(5,6)26-18(13)12-8-9-20(3,4)25-19(12)15/h8-9,11,14,22,24H,7,10H2,1-6H3/t11-,14+/m0/s1. The lowest BCUT2D eigenvalue weighted by atomic mass is 9.84. The monoisotopic (exact) mass is 360 g/mol. The van der Waals surface area contributed by atoms with Crippen molar-refractivity contribution in [2.45, 2.75) is 71.7 Å². The second kappa shape index (κ2) is 6.02. The number of Topliss-reactive ketones (excluding diaryl/α,β-unsaturated/α-hetero) is 1. The van der Waals surface area contributed by atoms with E-state index < -0.39 is 17.3 Å². The first-order valence-electron chi connectivity index (χ1n) is 9.19. The highest BCUT2D eigenvalue weighted by Crippen LogP contribution is 2.51. The fourth-order valence-corrected chi connectivity index (χ4v) is 3.34. The number of ketones is 1. The molecule has 1 aromatic rings. The van der Waals surface area contributed by atoms with Gasteiger partial charge in [0.1, 0.15) is 34.0 Å². The molecule has 0 radical (unpaired) electrons. The number of fused-ring (bicyclic) bond motifs is 3. The Labute approximate surface area is 154 Å². The zero-order valence-electron chi connectivity index (χ0n) is 16.3. The molecule has 0 unspecified atom stereocenters. The van der Waals surface area contributed by atoms with Crippen molar-refractivity contribution in [1.82, 2.24) is 0 Å². The highest BCUT2D eigenvalue weighted by Gasteiger charge is 2.42. The van der Waals surface area contributed by atoms with E-state index in [1.807, 2.05) is 39.8 Å². The molecule has 0 amide bonds. The highest BCUT2D eigenvalue weighted by atomic mass is 16.5. The molecule has 5 heteroatoms. The number of ether oxygens (including phenoxy) is 2. The Morgan fingerprint density at radius 1 is 1.27 bits per heavy atom. The van der Waals surface area contributed by atoms with Gasteiger partial charge >= 0.3 is 0 Å². The smallest absolute Gasteiger partial charge is 0.173 e. The summed E-state index contributed by atoms with van der Waals surface area (Å²) in [6.45, 7) is 11.2. The Morgan fingerprint density at radius 2 is 1.92 bits per heavy atom. The van der Waals surface area contributed by atoms with E-state index in [1.165, 1.54) is 0 Å². The quantitative estimate of drug-likeness (QED) is 0.800. The summed E-state index contributed by atoms with van der Waals surface area (Å²) in [6.07, 6.45) is 3.90. The van der Waals surface area contributed by atoms with Gasteiger partial charge in [0.2, 0.25) is 0 Å². The number of benzene rings is 1. The summed E-state index contributed by atoms with van der Waals surface area (Å²) in [6, 6.07) is 0. The molecule has 0 saturated carbocycles. The van der Waals surface area contributed by atoms with Gasteiger partial charge in [-0.15, -0.1) is 0 Å². The maximum absolute atomic E-state index is 13.0. The van der Waals surface area contributed by atoms with Crippen molar-refractivity contribution in [3.63, 3.8) is 0 Å². The van der Waals surface area contributed by atoms with Gasteiger partial charge in [-0.1, -0.05) is 13.8 Å². The van der Waals surface area contributed by atoms with Gasteiger partial charge < -0.3 is 19.7 Å². The number of carbonyl (C=O) groups excluding carboxylic acids is 1. The minimum Gasteiger partial charge on any atom is -0.507 e. The molecular weight excluding hydrogens is 332 g/mol. The predicted molar refractivity (Wildman–Crippen MR) is 100 cm³/mol. The van der Waals surface area contributed by atoms with Crippen molar-refractivity contribution in [3.8, 4) is 17.2 Å². The molecule has 3 rings (SSSR count). The molecule has 2 atom stereocenters. The molecule has 2 N–H and O–H groups in total. The molecule has 0 fully saturated rings. The summed E-state index contributed by atoms with van der Waals surface area (Å²) in [5, 5.41) is 21.4. The topological polar surface area (TPSA) is 76.0 Å². The van der Waals surface area contributed by atoms with Gasteiger partial charge in [0.25, 0.3) is 0 Å². The summed E-state index contributed by atoms with van der Waals surface area (Å²) in [5.74, 6) is 0.317. The number of hydrogen-bond donors (Lipinski definition) is 2. The summed E-state index contributed by atoms with van der Waals surface area (Å²) in [7, 11) is 0. The number of phenols is 1. The number of phenolic OH excluding ortho intramolecular Hbond substituents is 1. The van der Waals surface area contributed by atoms with Crippen LogP contribution in [0.1, 0.15) is 69.4 Å². The minimum atomic E-state index is -0.795. The van der Waals surface area contributed by atoms with Gasteiger partial charge in [0, 0.05) is 17.9 Å². The second-order valence-corrected chi connectivity index (χ2v) is 8.41. The molecule has 0 spiro atoms. The molecule has 2 aliphatic rings. The molecule has 142 valence electrons. The maximum atomic E-state index is 13.0. The fraction of sp³-hybridized carbons (Fsp3) is 0.571. The van der Waals surface area contributed by atoms with Gasteiger partial charge in [0.05, 0.1) is 11.7 Å². The van der Waals surface area contributed by atoms with Crippen molar-refractivity contribution >= 4 is 11.9 Å². The summed E-state index contributed by atoms with van der Waals surface area (Å²) in [5.41, 5.74) is -0.0713. The van der Waals surface area contributed by atoms with Gasteiger partial charge in [-0.25, -0.2) is 0 Å². The van der Waals surface area contributed by atoms with Crippen LogP contribution >= 0.6 is 0 Å². The fourth-order valence-electron chi connectivity index (χ4n) is 3.34. The second-order valence-electron chi connectivity index (χ2n) is 8.41. The average Bonchev–Trinajstić information content (AvgIpc) is 2.54. The van der Waals surface area contributed by atoms with Gasteiger partial charge in [-0.3, -0.25) is 4.79 Å². The van der Waals surface area contributed by atoms with Crippen molar-refractivity contribution in [2.75, 3.05) is 0 Å². The Morgan fingerprint density at radius 3 is 2.54 bits per heavy atom. The molecule has 26 heavy (non-hydrogen) atoms. The Bertz CT molecular complexity index is 788. The predicted octanol–water partition coefficient (Wildman–Crippen LogP) is 3.88. The molecule has 0 aromatic heterocycles. The molecule has 1 aromatic carbocycles. The molecule has 5 nitrogen and oxygen atoms in total. The third kappa shape index (κ3) is 2.88. The van der Waals surface area contributed by atoms with Crippen LogP contribution < -0.4 is 9.47 Å². The Hall–Kier alpha value is -2.01. The van der Waals surface area contributed by atoms with Gasteiger partial charge in [-0.05, 0) is 46.3 Å². The molecule has 2 heterocycles. The van der Waals surface area contributed by atoms with Crippen LogP contribution in [0.15, 0.2) is 6.08 Å². The first kappa shape index (κ1) is 18.8. The number of rotatable bonds is 3. The van der Waals surface area contributed by atoms with E-state index >= 15 is 0 Å². The number of aliphatic hydroxyl groups excluding tert-OH is 1.